The number of carbonyl (C=O) groups is 3. The van der Waals surface area contributed by atoms with Gasteiger partial charge in [-0.2, -0.15) is 13.2 Å². The highest BCUT2D eigenvalue weighted by Gasteiger charge is 2.39. The lowest BCUT2D eigenvalue weighted by atomic mass is 9.95. The van der Waals surface area contributed by atoms with Crippen LogP contribution in [0.5, 0.6) is 0 Å². The van der Waals surface area contributed by atoms with Crippen molar-refractivity contribution in [3.05, 3.63) is 58.1 Å². The van der Waals surface area contributed by atoms with Gasteiger partial charge in [0, 0.05) is 69.6 Å². The number of alkyl halides is 3. The maximum absolute atomic E-state index is 14.1. The van der Waals surface area contributed by atoms with Gasteiger partial charge in [0.25, 0.3) is 5.91 Å². The van der Waals surface area contributed by atoms with E-state index in [0.717, 1.165) is 56.0 Å². The average Bonchev–Trinajstić information content (AvgIpc) is 3.32. The van der Waals surface area contributed by atoms with E-state index in [0.29, 0.717) is 58.2 Å². The quantitative estimate of drug-likeness (QED) is 0.283. The Morgan fingerprint density at radius 2 is 1.66 bits per heavy atom. The smallest absolute Gasteiger partial charge is 0.418 e. The molecule has 0 bridgehead atoms. The first-order valence-corrected chi connectivity index (χ1v) is 19.2. The molecule has 2 aromatic rings. The van der Waals surface area contributed by atoms with Crippen molar-refractivity contribution in [2.45, 2.75) is 95.1 Å². The van der Waals surface area contributed by atoms with Crippen molar-refractivity contribution in [1.82, 2.24) is 19.6 Å². The summed E-state index contributed by atoms with van der Waals surface area (Å²) in [4.78, 5) is 48.4. The molecule has 15 heteroatoms. The number of urea groups is 1. The highest BCUT2D eigenvalue weighted by atomic mass is 35.5. The van der Waals surface area contributed by atoms with Crippen LogP contribution in [-0.4, -0.2) is 114 Å². The van der Waals surface area contributed by atoms with Crippen molar-refractivity contribution in [3.8, 4) is 0 Å². The third-order valence-corrected chi connectivity index (χ3v) is 11.5. The molecule has 11 nitrogen and oxygen atoms in total. The van der Waals surface area contributed by atoms with Crippen molar-refractivity contribution in [1.29, 1.82) is 0 Å². The number of ether oxygens (including phenoxy) is 2. The fraction of sp³-hybridized carbons (Fsp3) is 0.605. The molecular weight excluding hydrogens is 713 g/mol. The van der Waals surface area contributed by atoms with E-state index in [-0.39, 0.29) is 48.2 Å². The molecule has 3 fully saturated rings. The minimum absolute atomic E-state index is 0.0801. The molecule has 0 spiro atoms. The Morgan fingerprint density at radius 1 is 0.962 bits per heavy atom. The number of hydrogen-bond donors (Lipinski definition) is 2. The molecule has 4 amide bonds. The number of benzene rings is 2. The largest absolute Gasteiger partial charge is 0.436 e. The summed E-state index contributed by atoms with van der Waals surface area (Å²) < 4.78 is 53.3. The van der Waals surface area contributed by atoms with Crippen LogP contribution >= 0.6 is 11.6 Å². The van der Waals surface area contributed by atoms with Gasteiger partial charge in [-0.25, -0.2) is 9.59 Å². The monoisotopic (exact) mass is 762 g/mol. The summed E-state index contributed by atoms with van der Waals surface area (Å²) in [6, 6.07) is 10.2. The lowest BCUT2D eigenvalue weighted by molar-refractivity contribution is -0.143. The highest BCUT2D eigenvalue weighted by molar-refractivity contribution is 6.33. The second kappa shape index (κ2) is 17.2. The van der Waals surface area contributed by atoms with Crippen LogP contribution < -0.4 is 11.1 Å². The third kappa shape index (κ3) is 9.32. The number of likely N-dealkylation sites (tertiary alicyclic amines) is 3. The molecule has 6 rings (SSSR count). The van der Waals surface area contributed by atoms with E-state index in [2.05, 4.69) is 10.2 Å². The summed E-state index contributed by atoms with van der Waals surface area (Å²) in [6.07, 6.45) is -0.676. The second-order valence-corrected chi connectivity index (χ2v) is 14.9. The number of para-hydroxylation sites is 1. The van der Waals surface area contributed by atoms with Gasteiger partial charge in [-0.15, -0.1) is 0 Å². The number of rotatable bonds is 9. The minimum atomic E-state index is -4.77. The fourth-order valence-electron chi connectivity index (χ4n) is 8.27. The Morgan fingerprint density at radius 3 is 2.38 bits per heavy atom. The molecule has 4 heterocycles. The molecular formula is C38H50ClF3N6O5. The summed E-state index contributed by atoms with van der Waals surface area (Å²) in [5.74, 6) is -0.460. The number of halogens is 4. The fourth-order valence-corrected chi connectivity index (χ4v) is 8.51. The maximum Gasteiger partial charge on any atom is 0.418 e. The number of nitrogens with one attached hydrogen (secondary N) is 1. The Bertz CT molecular complexity index is 1620. The SMILES string of the molecule is CCOC[C@@H]1CCCCN1C1CCN(C(=O)[C@@H](Cc2cc(Cl)c(N)c(C(F)(F)F)c2)OC(=O)N2CCC(N3CCc4ccccc4NC3=O)CC2)CC1. The van der Waals surface area contributed by atoms with E-state index in [4.69, 9.17) is 26.8 Å². The van der Waals surface area contributed by atoms with Gasteiger partial charge in [0.1, 0.15) is 0 Å². The van der Waals surface area contributed by atoms with Crippen LogP contribution in [0.25, 0.3) is 0 Å². The lowest BCUT2D eigenvalue weighted by Crippen LogP contribution is -2.55. The maximum atomic E-state index is 14.1. The number of amides is 4. The van der Waals surface area contributed by atoms with Gasteiger partial charge in [0.2, 0.25) is 0 Å². The molecule has 2 aromatic carbocycles. The van der Waals surface area contributed by atoms with Crippen molar-refractivity contribution < 1.29 is 37.0 Å². The summed E-state index contributed by atoms with van der Waals surface area (Å²) in [6.45, 7) is 6.27. The molecule has 0 radical (unpaired) electrons. The lowest BCUT2D eigenvalue weighted by Gasteiger charge is -2.45. The number of fused-ring (bicyclic) bond motifs is 1. The zero-order chi connectivity index (χ0) is 37.7. The first kappa shape index (κ1) is 39.0. The van der Waals surface area contributed by atoms with Crippen LogP contribution in [0, 0.1) is 0 Å². The van der Waals surface area contributed by atoms with Crippen LogP contribution in [0.3, 0.4) is 0 Å². The zero-order valence-corrected chi connectivity index (χ0v) is 31.0. The topological polar surface area (TPSA) is 121 Å². The van der Waals surface area contributed by atoms with Crippen LogP contribution in [0.15, 0.2) is 36.4 Å². The molecule has 2 atom stereocenters. The van der Waals surface area contributed by atoms with Crippen molar-refractivity contribution in [2.75, 3.05) is 63.5 Å². The van der Waals surface area contributed by atoms with E-state index in [1.807, 2.05) is 36.1 Å². The first-order valence-electron chi connectivity index (χ1n) is 18.8. The normalized spacial score (nSPS) is 21.5. The number of nitrogens with zero attached hydrogens (tertiary/aromatic N) is 4. The van der Waals surface area contributed by atoms with Gasteiger partial charge in [-0.1, -0.05) is 36.2 Å². The molecule has 0 aliphatic carbocycles. The van der Waals surface area contributed by atoms with E-state index >= 15 is 0 Å². The Labute approximate surface area is 313 Å². The Kier molecular flexibility index (Phi) is 12.6. The highest BCUT2D eigenvalue weighted by Crippen LogP contribution is 2.38. The summed E-state index contributed by atoms with van der Waals surface area (Å²) in [5.41, 5.74) is 5.91. The Balaban J connectivity index is 1.12. The number of nitrogens with two attached hydrogens (primary N) is 1. The van der Waals surface area contributed by atoms with Gasteiger partial charge >= 0.3 is 18.3 Å². The van der Waals surface area contributed by atoms with Gasteiger partial charge in [-0.3, -0.25) is 9.69 Å². The zero-order valence-electron chi connectivity index (χ0n) is 30.2. The minimum Gasteiger partial charge on any atom is -0.436 e. The van der Waals surface area contributed by atoms with Gasteiger partial charge in [0.05, 0.1) is 22.9 Å². The summed E-state index contributed by atoms with van der Waals surface area (Å²) >= 11 is 6.14. The van der Waals surface area contributed by atoms with Gasteiger partial charge in [0.15, 0.2) is 6.10 Å². The van der Waals surface area contributed by atoms with Crippen molar-refractivity contribution in [3.63, 3.8) is 0 Å². The number of piperidine rings is 3. The Hall–Kier alpha value is -3.75. The standard InChI is InChI=1S/C38H50ClF3N6O5/c1-2-52-24-29-8-5-6-15-47(29)27-11-16-45(17-12-27)35(49)33(23-25-21-30(38(40,41)42)34(43)31(39)22-25)53-37(51)46-18-13-28(14-19-46)48-20-10-26-7-3-4-9-32(26)44-36(48)50/h3-4,7,9,21-22,27-29,33H,2,5-6,8,10-20,23-24,43H2,1H3,(H,44,50)/t29-,33+/m0/s1. The van der Waals surface area contributed by atoms with Crippen LogP contribution in [0.1, 0.15) is 68.6 Å². The van der Waals surface area contributed by atoms with Crippen molar-refractivity contribution in [2.24, 2.45) is 0 Å². The predicted molar refractivity (Wildman–Crippen MR) is 196 cm³/mol. The van der Waals surface area contributed by atoms with Gasteiger partial charge < -0.3 is 35.2 Å². The second-order valence-electron chi connectivity index (χ2n) is 14.5. The molecule has 3 saturated heterocycles. The van der Waals surface area contributed by atoms with E-state index < -0.39 is 35.5 Å². The number of carbonyl (C=O) groups excluding carboxylic acids is 3. The van der Waals surface area contributed by atoms with E-state index in [9.17, 15) is 27.6 Å². The predicted octanol–water partition coefficient (Wildman–Crippen LogP) is 6.43. The number of nitrogen functional groups attached to an aromatic ring is 1. The summed E-state index contributed by atoms with van der Waals surface area (Å²) in [5, 5.41) is 2.70. The van der Waals surface area contributed by atoms with Crippen molar-refractivity contribution >= 4 is 41.0 Å². The van der Waals surface area contributed by atoms with Crippen LogP contribution in [0.2, 0.25) is 5.02 Å². The molecule has 0 unspecified atom stereocenters. The molecule has 3 N–H and O–H groups in total. The summed E-state index contributed by atoms with van der Waals surface area (Å²) in [7, 11) is 0. The molecule has 290 valence electrons. The molecule has 0 aromatic heterocycles. The third-order valence-electron chi connectivity index (χ3n) is 11.2. The van der Waals surface area contributed by atoms with Gasteiger partial charge in [-0.05, 0) is 87.7 Å². The average molecular weight is 763 g/mol. The molecule has 53 heavy (non-hydrogen) atoms. The molecule has 4 aliphatic rings. The van der Waals surface area contributed by atoms with Crippen LogP contribution in [0.4, 0.5) is 34.1 Å². The molecule has 0 saturated carbocycles. The number of anilines is 2. The molecule has 4 aliphatic heterocycles. The van der Waals surface area contributed by atoms with E-state index in [1.54, 1.807) is 4.90 Å². The number of hydrogen-bond acceptors (Lipinski definition) is 7. The first-order chi connectivity index (χ1) is 25.4. The van der Waals surface area contributed by atoms with Crippen LogP contribution in [-0.2, 0) is 33.3 Å². The van der Waals surface area contributed by atoms with E-state index in [1.165, 1.54) is 11.0 Å².